The molecule has 2 aromatic heterocycles. The van der Waals surface area contributed by atoms with Crippen LogP contribution in [-0.2, 0) is 15.8 Å². The van der Waals surface area contributed by atoms with E-state index in [0.717, 1.165) is 12.8 Å². The molecule has 5 N–H and O–H groups in total. The Bertz CT molecular complexity index is 770. The number of aromatic nitrogens is 4. The topological polar surface area (TPSA) is 148 Å². The van der Waals surface area contributed by atoms with Gasteiger partial charge in [-0.15, -0.1) is 0 Å². The van der Waals surface area contributed by atoms with E-state index in [1.165, 1.54) is 19.3 Å². The smallest absolute Gasteiger partial charge is 0.350 e. The molecule has 0 aromatic carbocycles. The Kier molecular flexibility index (Phi) is 5.53. The zero-order valence-corrected chi connectivity index (χ0v) is 14.7. The van der Waals surface area contributed by atoms with Crippen molar-refractivity contribution in [2.75, 3.05) is 24.0 Å². The van der Waals surface area contributed by atoms with Gasteiger partial charge < -0.3 is 30.1 Å². The van der Waals surface area contributed by atoms with Gasteiger partial charge >= 0.3 is 7.60 Å². The lowest BCUT2D eigenvalue weighted by Crippen LogP contribution is -2.23. The van der Waals surface area contributed by atoms with Crippen molar-refractivity contribution in [1.82, 2.24) is 19.5 Å². The molecule has 0 bridgehead atoms. The number of imidazole rings is 1. The second-order valence-corrected chi connectivity index (χ2v) is 7.81. The SMILES string of the molecule is Nc1nc(NC2CCCCC2)c2ncn(CCOCP(=O)(O)O)c2n1. The first kappa shape index (κ1) is 18.1. The number of fused-ring (bicyclic) bond motifs is 1. The van der Waals surface area contributed by atoms with Crippen LogP contribution in [0.15, 0.2) is 6.33 Å². The average molecular weight is 370 g/mol. The molecule has 1 fully saturated rings. The second kappa shape index (κ2) is 7.65. The number of nitrogen functional groups attached to an aromatic ring is 1. The van der Waals surface area contributed by atoms with Crippen LogP contribution in [0.4, 0.5) is 11.8 Å². The maximum absolute atomic E-state index is 10.8. The van der Waals surface area contributed by atoms with Crippen LogP contribution in [0.25, 0.3) is 11.2 Å². The van der Waals surface area contributed by atoms with E-state index < -0.39 is 13.9 Å². The molecule has 25 heavy (non-hydrogen) atoms. The second-order valence-electron chi connectivity index (χ2n) is 6.22. The summed E-state index contributed by atoms with van der Waals surface area (Å²) in [5.74, 6) is 0.785. The lowest BCUT2D eigenvalue weighted by Gasteiger charge is -2.23. The largest absolute Gasteiger partial charge is 0.368 e. The molecule has 0 saturated heterocycles. The fourth-order valence-electron chi connectivity index (χ4n) is 3.01. The molecule has 0 amide bonds. The highest BCUT2D eigenvalue weighted by Gasteiger charge is 2.18. The van der Waals surface area contributed by atoms with Crippen molar-refractivity contribution < 1.29 is 19.1 Å². The van der Waals surface area contributed by atoms with E-state index in [2.05, 4.69) is 20.3 Å². The maximum atomic E-state index is 10.8. The molecule has 3 rings (SSSR count). The summed E-state index contributed by atoms with van der Waals surface area (Å²) in [6.07, 6.45) is 6.86. The minimum Gasteiger partial charge on any atom is -0.368 e. The Morgan fingerprint density at radius 3 is 2.80 bits per heavy atom. The standard InChI is InChI=1S/C14H23N6O4P/c15-14-18-12(17-10-4-2-1-3-5-10)11-13(19-14)20(8-16-11)6-7-24-9-25(21,22)23/h8,10H,1-7,9H2,(H2,21,22,23)(H3,15,17,18,19). The molecule has 1 aliphatic carbocycles. The van der Waals surface area contributed by atoms with Crippen molar-refractivity contribution in [1.29, 1.82) is 0 Å². The van der Waals surface area contributed by atoms with E-state index in [1.807, 2.05) is 0 Å². The van der Waals surface area contributed by atoms with E-state index in [9.17, 15) is 4.57 Å². The van der Waals surface area contributed by atoms with Gasteiger partial charge in [0.2, 0.25) is 5.95 Å². The van der Waals surface area contributed by atoms with E-state index in [-0.39, 0.29) is 12.6 Å². The van der Waals surface area contributed by atoms with E-state index in [4.69, 9.17) is 20.3 Å². The van der Waals surface area contributed by atoms with Crippen LogP contribution in [0.1, 0.15) is 32.1 Å². The quantitative estimate of drug-likeness (QED) is 0.418. The Labute approximate surface area is 145 Å². The summed E-state index contributed by atoms with van der Waals surface area (Å²) in [5, 5.41) is 3.42. The molecule has 2 aromatic rings. The molecule has 0 unspecified atom stereocenters. The third kappa shape index (κ3) is 4.88. The molecular weight excluding hydrogens is 347 g/mol. The maximum Gasteiger partial charge on any atom is 0.350 e. The van der Waals surface area contributed by atoms with Gasteiger partial charge in [0.1, 0.15) is 6.35 Å². The summed E-state index contributed by atoms with van der Waals surface area (Å²) in [6.45, 7) is 0.488. The average Bonchev–Trinajstić information content (AvgIpc) is 2.95. The van der Waals surface area contributed by atoms with E-state index in [0.29, 0.717) is 29.6 Å². The van der Waals surface area contributed by atoms with E-state index >= 15 is 0 Å². The minimum absolute atomic E-state index is 0.131. The number of nitrogens with zero attached hydrogens (tertiary/aromatic N) is 4. The number of anilines is 2. The van der Waals surface area contributed by atoms with Crippen molar-refractivity contribution in [3.8, 4) is 0 Å². The third-order valence-electron chi connectivity index (χ3n) is 4.16. The van der Waals surface area contributed by atoms with Crippen LogP contribution in [0, 0.1) is 0 Å². The Morgan fingerprint density at radius 1 is 1.32 bits per heavy atom. The summed E-state index contributed by atoms with van der Waals surface area (Å²) in [4.78, 5) is 30.5. The van der Waals surface area contributed by atoms with Gasteiger partial charge in [0.15, 0.2) is 17.0 Å². The number of rotatable bonds is 7. The molecule has 0 radical (unpaired) electrons. The van der Waals surface area contributed by atoms with Crippen molar-refractivity contribution in [3.05, 3.63) is 6.33 Å². The van der Waals surface area contributed by atoms with Crippen LogP contribution in [0.2, 0.25) is 0 Å². The Morgan fingerprint density at radius 2 is 2.08 bits per heavy atom. The van der Waals surface area contributed by atoms with Gasteiger partial charge in [0.05, 0.1) is 12.9 Å². The lowest BCUT2D eigenvalue weighted by molar-refractivity contribution is 0.149. The summed E-state index contributed by atoms with van der Waals surface area (Å²) < 4.78 is 17.5. The molecule has 0 spiro atoms. The molecule has 10 nitrogen and oxygen atoms in total. The summed E-state index contributed by atoms with van der Waals surface area (Å²) in [5.41, 5.74) is 7.04. The minimum atomic E-state index is -4.16. The highest BCUT2D eigenvalue weighted by atomic mass is 31.2. The van der Waals surface area contributed by atoms with Crippen LogP contribution >= 0.6 is 7.60 Å². The first-order valence-corrected chi connectivity index (χ1v) is 10.1. The molecule has 11 heteroatoms. The fraction of sp³-hybridized carbons (Fsp3) is 0.643. The normalized spacial score (nSPS) is 16.4. The van der Waals surface area contributed by atoms with Gasteiger partial charge in [-0.25, -0.2) is 4.98 Å². The van der Waals surface area contributed by atoms with Gasteiger partial charge in [-0.3, -0.25) is 4.57 Å². The van der Waals surface area contributed by atoms with Gasteiger partial charge in [-0.2, -0.15) is 9.97 Å². The van der Waals surface area contributed by atoms with Gasteiger partial charge in [-0.05, 0) is 12.8 Å². The number of nitrogens with two attached hydrogens (primary N) is 1. The first-order valence-electron chi connectivity index (χ1n) is 8.29. The van der Waals surface area contributed by atoms with Gasteiger partial charge in [0.25, 0.3) is 0 Å². The predicted molar refractivity (Wildman–Crippen MR) is 93.1 cm³/mol. The number of hydrogen-bond donors (Lipinski definition) is 4. The van der Waals surface area contributed by atoms with Crippen LogP contribution in [-0.4, -0.2) is 48.3 Å². The molecule has 138 valence electrons. The van der Waals surface area contributed by atoms with Gasteiger partial charge in [0, 0.05) is 12.6 Å². The van der Waals surface area contributed by atoms with Crippen molar-refractivity contribution in [2.24, 2.45) is 0 Å². The fourth-order valence-corrected chi connectivity index (χ4v) is 3.38. The number of hydrogen-bond acceptors (Lipinski definition) is 7. The summed E-state index contributed by atoms with van der Waals surface area (Å²) in [7, 11) is -4.16. The Hall–Kier alpha value is -1.74. The van der Waals surface area contributed by atoms with Gasteiger partial charge in [-0.1, -0.05) is 19.3 Å². The monoisotopic (exact) mass is 370 g/mol. The molecule has 2 heterocycles. The highest BCUT2D eigenvalue weighted by Crippen LogP contribution is 2.33. The van der Waals surface area contributed by atoms with Crippen LogP contribution in [0.5, 0.6) is 0 Å². The molecular formula is C14H23N6O4P. The molecule has 1 saturated carbocycles. The first-order chi connectivity index (χ1) is 11.9. The highest BCUT2D eigenvalue weighted by molar-refractivity contribution is 7.51. The lowest BCUT2D eigenvalue weighted by atomic mass is 9.95. The van der Waals surface area contributed by atoms with E-state index in [1.54, 1.807) is 10.9 Å². The number of nitrogens with one attached hydrogen (secondary N) is 1. The molecule has 0 aliphatic heterocycles. The Balaban J connectivity index is 1.72. The van der Waals surface area contributed by atoms with Crippen molar-refractivity contribution >= 4 is 30.5 Å². The molecule has 0 atom stereocenters. The predicted octanol–water partition coefficient (Wildman–Crippen LogP) is 1.30. The number of ether oxygens (including phenoxy) is 1. The van der Waals surface area contributed by atoms with Crippen molar-refractivity contribution in [3.63, 3.8) is 0 Å². The zero-order chi connectivity index (χ0) is 17.9. The summed E-state index contributed by atoms with van der Waals surface area (Å²) >= 11 is 0. The summed E-state index contributed by atoms with van der Waals surface area (Å²) in [6, 6.07) is 0.364. The molecule has 1 aliphatic rings. The van der Waals surface area contributed by atoms with Crippen LogP contribution < -0.4 is 11.1 Å². The van der Waals surface area contributed by atoms with Crippen molar-refractivity contribution in [2.45, 2.75) is 44.7 Å². The van der Waals surface area contributed by atoms with Crippen LogP contribution in [0.3, 0.4) is 0 Å². The zero-order valence-electron chi connectivity index (χ0n) is 13.8. The third-order valence-corrected chi connectivity index (χ3v) is 4.68.